The molecule has 0 heterocycles. The molecule has 0 spiro atoms. The van der Waals surface area contributed by atoms with Crippen LogP contribution in [0.3, 0.4) is 0 Å². The molecule has 138 valence electrons. The Morgan fingerprint density at radius 1 is 1.23 bits per heavy atom. The van der Waals surface area contributed by atoms with Gasteiger partial charge in [0.1, 0.15) is 0 Å². The number of carbonyl (C=O) groups excluding carboxylic acids is 1. The number of esters is 1. The number of benzene rings is 2. The van der Waals surface area contributed by atoms with Crippen LogP contribution >= 0.6 is 11.8 Å². The highest BCUT2D eigenvalue weighted by molar-refractivity contribution is 7.98. The van der Waals surface area contributed by atoms with E-state index < -0.39 is 16.0 Å². The summed E-state index contributed by atoms with van der Waals surface area (Å²) in [4.78, 5) is 13.1. The maximum atomic E-state index is 13.2. The largest absolute Gasteiger partial charge is 0.465 e. The van der Waals surface area contributed by atoms with E-state index in [-0.39, 0.29) is 11.4 Å². The highest BCUT2D eigenvalue weighted by Gasteiger charge is 2.26. The van der Waals surface area contributed by atoms with E-state index in [1.165, 1.54) is 29.3 Å². The topological polar surface area (TPSA) is 63.7 Å². The molecule has 2 aromatic carbocycles. The van der Waals surface area contributed by atoms with Gasteiger partial charge in [0.15, 0.2) is 0 Å². The first-order chi connectivity index (χ1) is 12.4. The lowest BCUT2D eigenvalue weighted by Crippen LogP contribution is -2.32. The number of rotatable bonds is 7. The quantitative estimate of drug-likeness (QED) is 0.407. The first kappa shape index (κ1) is 20.1. The number of hydrogen-bond acceptors (Lipinski definition) is 5. The minimum atomic E-state index is -3.81. The molecule has 5 nitrogen and oxygen atoms in total. The van der Waals surface area contributed by atoms with Gasteiger partial charge in [0.05, 0.1) is 29.8 Å². The summed E-state index contributed by atoms with van der Waals surface area (Å²) in [5, 5.41) is 0. The lowest BCUT2D eigenvalue weighted by molar-refractivity contribution is 0.0600. The second-order valence-corrected chi connectivity index (χ2v) is 8.18. The first-order valence-electron chi connectivity index (χ1n) is 7.82. The van der Waals surface area contributed by atoms with Crippen molar-refractivity contribution in [1.29, 1.82) is 0 Å². The van der Waals surface area contributed by atoms with Gasteiger partial charge >= 0.3 is 5.97 Å². The normalized spacial score (nSPS) is 11.0. The van der Waals surface area contributed by atoms with Crippen molar-refractivity contribution in [3.8, 4) is 0 Å². The predicted octanol–water partition coefficient (Wildman–Crippen LogP) is 3.88. The number of methoxy groups -OCH3 is 1. The minimum Gasteiger partial charge on any atom is -0.465 e. The molecule has 0 aliphatic heterocycles. The molecular weight excluding hydrogens is 370 g/mol. The third kappa shape index (κ3) is 3.94. The maximum Gasteiger partial charge on any atom is 0.338 e. The summed E-state index contributed by atoms with van der Waals surface area (Å²) < 4.78 is 32.4. The zero-order chi connectivity index (χ0) is 19.3. The molecule has 26 heavy (non-hydrogen) atoms. The van der Waals surface area contributed by atoms with E-state index in [0.29, 0.717) is 16.8 Å². The van der Waals surface area contributed by atoms with Gasteiger partial charge in [-0.25, -0.2) is 13.2 Å². The molecule has 0 radical (unpaired) electrons. The van der Waals surface area contributed by atoms with Crippen LogP contribution in [0.2, 0.25) is 0 Å². The Hall–Kier alpha value is -2.25. The van der Waals surface area contributed by atoms with Crippen molar-refractivity contribution in [2.24, 2.45) is 0 Å². The Kier molecular flexibility index (Phi) is 6.50. The summed E-state index contributed by atoms with van der Waals surface area (Å²) in [6, 6.07) is 11.6. The van der Waals surface area contributed by atoms with Crippen molar-refractivity contribution in [3.63, 3.8) is 0 Å². The van der Waals surface area contributed by atoms with Crippen LogP contribution in [0, 0.1) is 6.92 Å². The first-order valence-corrected chi connectivity index (χ1v) is 10.5. The lowest BCUT2D eigenvalue weighted by atomic mass is 10.1. The van der Waals surface area contributed by atoms with Crippen molar-refractivity contribution in [3.05, 3.63) is 66.2 Å². The fraction of sp³-hybridized carbons (Fsp3) is 0.211. The number of ether oxygens (including phenoxy) is 1. The molecule has 0 saturated heterocycles. The number of thioether (sulfide) groups is 1. The molecule has 7 heteroatoms. The van der Waals surface area contributed by atoms with Gasteiger partial charge in [0.25, 0.3) is 10.0 Å². The van der Waals surface area contributed by atoms with E-state index >= 15 is 0 Å². The SMILES string of the molecule is C=CCN(c1cccc(C(=O)OC)c1C)S(=O)(=O)c1ccc(SC)cc1. The summed E-state index contributed by atoms with van der Waals surface area (Å²) in [6.07, 6.45) is 3.44. The summed E-state index contributed by atoms with van der Waals surface area (Å²) in [7, 11) is -2.52. The van der Waals surface area contributed by atoms with Gasteiger partial charge in [-0.3, -0.25) is 4.31 Å². The molecule has 2 rings (SSSR count). The van der Waals surface area contributed by atoms with E-state index in [1.54, 1.807) is 49.4 Å². The van der Waals surface area contributed by atoms with Gasteiger partial charge in [-0.15, -0.1) is 18.3 Å². The molecule has 0 bridgehead atoms. The Morgan fingerprint density at radius 3 is 2.42 bits per heavy atom. The Labute approximate surface area is 158 Å². The molecule has 0 aliphatic rings. The molecule has 0 aromatic heterocycles. The number of hydrogen-bond donors (Lipinski definition) is 0. The third-order valence-corrected chi connectivity index (χ3v) is 6.46. The smallest absolute Gasteiger partial charge is 0.338 e. The van der Waals surface area contributed by atoms with Crippen LogP contribution in [-0.4, -0.2) is 34.3 Å². The van der Waals surface area contributed by atoms with Crippen molar-refractivity contribution in [2.75, 3.05) is 24.2 Å². The zero-order valence-corrected chi connectivity index (χ0v) is 16.6. The second-order valence-electron chi connectivity index (χ2n) is 5.44. The Bertz CT molecular complexity index is 906. The molecule has 0 aliphatic carbocycles. The second kappa shape index (κ2) is 8.42. The van der Waals surface area contributed by atoms with Crippen LogP contribution in [0.15, 0.2) is 64.9 Å². The Balaban J connectivity index is 2.58. The van der Waals surface area contributed by atoms with Crippen molar-refractivity contribution < 1.29 is 17.9 Å². The van der Waals surface area contributed by atoms with Crippen molar-refractivity contribution in [1.82, 2.24) is 0 Å². The average molecular weight is 392 g/mol. The fourth-order valence-electron chi connectivity index (χ4n) is 2.54. The van der Waals surface area contributed by atoms with E-state index in [2.05, 4.69) is 6.58 Å². The number of anilines is 1. The predicted molar refractivity (Wildman–Crippen MR) is 105 cm³/mol. The van der Waals surface area contributed by atoms with Gasteiger partial charge in [0, 0.05) is 4.90 Å². The minimum absolute atomic E-state index is 0.0814. The third-order valence-electron chi connectivity index (χ3n) is 3.92. The summed E-state index contributed by atoms with van der Waals surface area (Å²) >= 11 is 1.54. The molecule has 2 aromatic rings. The van der Waals surface area contributed by atoms with Crippen molar-refractivity contribution >= 4 is 33.4 Å². The van der Waals surface area contributed by atoms with Crippen LogP contribution in [0.1, 0.15) is 15.9 Å². The van der Waals surface area contributed by atoms with E-state index in [9.17, 15) is 13.2 Å². The molecule has 0 fully saturated rings. The van der Waals surface area contributed by atoms with Crippen LogP contribution in [-0.2, 0) is 14.8 Å². The van der Waals surface area contributed by atoms with Crippen molar-refractivity contribution in [2.45, 2.75) is 16.7 Å². The molecule has 0 saturated carbocycles. The van der Waals surface area contributed by atoms with Gasteiger partial charge in [-0.05, 0) is 55.1 Å². The summed E-state index contributed by atoms with van der Waals surface area (Å²) in [5.41, 5.74) is 1.28. The van der Waals surface area contributed by atoms with Crippen LogP contribution in [0.4, 0.5) is 5.69 Å². The summed E-state index contributed by atoms with van der Waals surface area (Å²) in [6.45, 7) is 5.44. The Morgan fingerprint density at radius 2 is 1.88 bits per heavy atom. The fourth-order valence-corrected chi connectivity index (χ4v) is 4.44. The number of carbonyl (C=O) groups is 1. The van der Waals surface area contributed by atoms with Gasteiger partial charge in [-0.1, -0.05) is 12.1 Å². The molecule has 0 amide bonds. The van der Waals surface area contributed by atoms with E-state index in [1.807, 2.05) is 6.26 Å². The highest BCUT2D eigenvalue weighted by atomic mass is 32.2. The van der Waals surface area contributed by atoms with E-state index in [0.717, 1.165) is 4.90 Å². The maximum absolute atomic E-state index is 13.2. The molecule has 0 N–H and O–H groups in total. The van der Waals surface area contributed by atoms with Crippen LogP contribution < -0.4 is 4.31 Å². The lowest BCUT2D eigenvalue weighted by Gasteiger charge is -2.25. The molecular formula is C19H21NO4S2. The number of nitrogens with zero attached hydrogens (tertiary/aromatic N) is 1. The molecule has 0 atom stereocenters. The van der Waals surface area contributed by atoms with Crippen LogP contribution in [0.25, 0.3) is 0 Å². The van der Waals surface area contributed by atoms with Gasteiger partial charge in [0.2, 0.25) is 0 Å². The summed E-state index contributed by atoms with van der Waals surface area (Å²) in [5.74, 6) is -0.510. The standard InChI is InChI=1S/C19H21NO4S2/c1-5-13-20(18-8-6-7-17(14(18)2)19(21)24-3)26(22,23)16-11-9-15(25-4)10-12-16/h5-12H,1,13H2,2-4H3. The highest BCUT2D eigenvalue weighted by Crippen LogP contribution is 2.29. The van der Waals surface area contributed by atoms with Crippen LogP contribution in [0.5, 0.6) is 0 Å². The van der Waals surface area contributed by atoms with Gasteiger partial charge in [-0.2, -0.15) is 0 Å². The average Bonchev–Trinajstić information content (AvgIpc) is 2.66. The van der Waals surface area contributed by atoms with E-state index in [4.69, 9.17) is 4.74 Å². The monoisotopic (exact) mass is 391 g/mol. The zero-order valence-electron chi connectivity index (χ0n) is 14.9. The molecule has 0 unspecified atom stereocenters. The van der Waals surface area contributed by atoms with Gasteiger partial charge < -0.3 is 4.74 Å². The number of sulfonamides is 1.